The number of carbonyl (C=O) groups excluding carboxylic acids is 2. The molecule has 2 rings (SSSR count). The number of hydrogen-bond acceptors (Lipinski definition) is 4. The molecule has 26 heavy (non-hydrogen) atoms. The predicted octanol–water partition coefficient (Wildman–Crippen LogP) is 3.07. The van der Waals surface area contributed by atoms with Crippen LogP contribution >= 0.6 is 11.6 Å². The molecule has 0 heterocycles. The zero-order valence-corrected chi connectivity index (χ0v) is 15.5. The molecule has 0 unspecified atom stereocenters. The molecule has 0 atom stereocenters. The van der Waals surface area contributed by atoms with Crippen molar-refractivity contribution in [2.45, 2.75) is 13.3 Å². The molecule has 0 saturated heterocycles. The van der Waals surface area contributed by atoms with Crippen molar-refractivity contribution in [1.29, 1.82) is 0 Å². The van der Waals surface area contributed by atoms with Gasteiger partial charge in [0.1, 0.15) is 0 Å². The van der Waals surface area contributed by atoms with E-state index in [0.717, 1.165) is 0 Å². The van der Waals surface area contributed by atoms with Gasteiger partial charge in [0, 0.05) is 29.7 Å². The molecule has 0 aliphatic carbocycles. The second kappa shape index (κ2) is 8.68. The maximum Gasteiger partial charge on any atom is 0.233 e. The summed E-state index contributed by atoms with van der Waals surface area (Å²) in [5.74, 6) is -1.09. The van der Waals surface area contributed by atoms with E-state index in [0.29, 0.717) is 22.1 Å². The highest BCUT2D eigenvalue weighted by Crippen LogP contribution is 2.17. The molecule has 0 spiro atoms. The van der Waals surface area contributed by atoms with Crippen LogP contribution in [0.4, 0.5) is 17.1 Å². The number of anilines is 3. The zero-order valence-electron chi connectivity index (χ0n) is 14.0. The van der Waals surface area contributed by atoms with Gasteiger partial charge in [-0.3, -0.25) is 14.3 Å². The number of sulfonamides is 1. The van der Waals surface area contributed by atoms with Gasteiger partial charge in [-0.25, -0.2) is 8.42 Å². The van der Waals surface area contributed by atoms with Gasteiger partial charge in [0.25, 0.3) is 0 Å². The van der Waals surface area contributed by atoms with Crippen LogP contribution in [0.15, 0.2) is 48.5 Å². The van der Waals surface area contributed by atoms with Gasteiger partial charge in [-0.1, -0.05) is 23.7 Å². The van der Waals surface area contributed by atoms with E-state index in [1.807, 2.05) is 0 Å². The van der Waals surface area contributed by atoms with E-state index < -0.39 is 15.9 Å². The van der Waals surface area contributed by atoms with E-state index in [1.54, 1.807) is 42.5 Å². The van der Waals surface area contributed by atoms with Crippen molar-refractivity contribution < 1.29 is 18.0 Å². The van der Waals surface area contributed by atoms with Gasteiger partial charge in [0.15, 0.2) is 0 Å². The minimum absolute atomic E-state index is 0.215. The summed E-state index contributed by atoms with van der Waals surface area (Å²) in [6.45, 7) is 1.36. The Morgan fingerprint density at radius 1 is 0.962 bits per heavy atom. The first kappa shape index (κ1) is 19.7. The summed E-state index contributed by atoms with van der Waals surface area (Å²) >= 11 is 5.83. The Bertz CT molecular complexity index is 916. The fourth-order valence-corrected chi connectivity index (χ4v) is 3.34. The summed E-state index contributed by atoms with van der Waals surface area (Å²) in [5, 5.41) is 5.62. The minimum Gasteiger partial charge on any atom is -0.326 e. The lowest BCUT2D eigenvalue weighted by atomic mass is 10.3. The molecule has 0 bridgehead atoms. The van der Waals surface area contributed by atoms with Crippen molar-refractivity contribution in [2.75, 3.05) is 21.1 Å². The normalized spacial score (nSPS) is 10.8. The third kappa shape index (κ3) is 6.73. The molecular formula is C17H18ClN3O4S. The van der Waals surface area contributed by atoms with Crippen LogP contribution in [0.1, 0.15) is 13.3 Å². The zero-order chi connectivity index (χ0) is 19.2. The molecule has 138 valence electrons. The Labute approximate surface area is 156 Å². The lowest BCUT2D eigenvalue weighted by Gasteiger charge is -2.10. The molecule has 0 aromatic heterocycles. The predicted molar refractivity (Wildman–Crippen MR) is 103 cm³/mol. The van der Waals surface area contributed by atoms with Crippen molar-refractivity contribution >= 4 is 50.5 Å². The van der Waals surface area contributed by atoms with Gasteiger partial charge in [0.2, 0.25) is 21.8 Å². The number of nitrogens with one attached hydrogen (secondary N) is 3. The number of halogens is 1. The molecule has 0 aliphatic rings. The number of hydrogen-bond donors (Lipinski definition) is 3. The minimum atomic E-state index is -3.72. The molecule has 2 aromatic rings. The summed E-state index contributed by atoms with van der Waals surface area (Å²) in [6, 6.07) is 12.9. The number of rotatable bonds is 7. The summed E-state index contributed by atoms with van der Waals surface area (Å²) in [4.78, 5) is 23.0. The highest BCUT2D eigenvalue weighted by atomic mass is 35.5. The van der Waals surface area contributed by atoms with E-state index in [1.165, 1.54) is 13.0 Å². The number of carbonyl (C=O) groups is 2. The number of amides is 2. The van der Waals surface area contributed by atoms with Crippen LogP contribution < -0.4 is 15.4 Å². The molecule has 3 N–H and O–H groups in total. The van der Waals surface area contributed by atoms with Crippen LogP contribution in [0, 0.1) is 0 Å². The molecule has 7 nitrogen and oxygen atoms in total. The van der Waals surface area contributed by atoms with Gasteiger partial charge in [-0.2, -0.15) is 0 Å². The second-order valence-corrected chi connectivity index (χ2v) is 7.77. The summed E-state index contributed by atoms with van der Waals surface area (Å²) in [7, 11) is -3.72. The highest BCUT2D eigenvalue weighted by molar-refractivity contribution is 7.92. The Balaban J connectivity index is 1.92. The molecule has 0 fully saturated rings. The van der Waals surface area contributed by atoms with Crippen LogP contribution in [0.3, 0.4) is 0 Å². The van der Waals surface area contributed by atoms with Crippen LogP contribution in [-0.2, 0) is 19.6 Å². The summed E-state index contributed by atoms with van der Waals surface area (Å²) < 4.78 is 26.7. The van der Waals surface area contributed by atoms with Gasteiger partial charge in [-0.15, -0.1) is 0 Å². The van der Waals surface area contributed by atoms with Crippen LogP contribution in [0.2, 0.25) is 5.02 Å². The largest absolute Gasteiger partial charge is 0.326 e. The second-order valence-electron chi connectivity index (χ2n) is 5.49. The molecule has 0 radical (unpaired) electrons. The first-order valence-corrected chi connectivity index (χ1v) is 9.70. The van der Waals surface area contributed by atoms with E-state index >= 15 is 0 Å². The van der Waals surface area contributed by atoms with Gasteiger partial charge < -0.3 is 10.6 Å². The Morgan fingerprint density at radius 2 is 1.58 bits per heavy atom. The third-order valence-corrected chi connectivity index (χ3v) is 4.69. The van der Waals surface area contributed by atoms with Crippen LogP contribution in [-0.4, -0.2) is 26.0 Å². The molecular weight excluding hydrogens is 378 g/mol. The maximum atomic E-state index is 12.1. The van der Waals surface area contributed by atoms with E-state index in [4.69, 9.17) is 11.6 Å². The van der Waals surface area contributed by atoms with Gasteiger partial charge in [-0.05, 0) is 36.4 Å². The summed E-state index contributed by atoms with van der Waals surface area (Å²) in [5.41, 5.74) is 1.26. The monoisotopic (exact) mass is 395 g/mol. The third-order valence-electron chi connectivity index (χ3n) is 3.16. The molecule has 0 saturated carbocycles. The van der Waals surface area contributed by atoms with Gasteiger partial charge >= 0.3 is 0 Å². The lowest BCUT2D eigenvalue weighted by Crippen LogP contribution is -2.22. The van der Waals surface area contributed by atoms with Crippen LogP contribution in [0.25, 0.3) is 0 Å². The van der Waals surface area contributed by atoms with Crippen molar-refractivity contribution in [3.05, 3.63) is 53.6 Å². The van der Waals surface area contributed by atoms with E-state index in [9.17, 15) is 18.0 Å². The first-order valence-electron chi connectivity index (χ1n) is 7.67. The molecule has 2 amide bonds. The van der Waals surface area contributed by atoms with E-state index in [2.05, 4.69) is 15.4 Å². The average molecular weight is 396 g/mol. The Morgan fingerprint density at radius 3 is 2.23 bits per heavy atom. The first-order chi connectivity index (χ1) is 12.2. The standard InChI is InChI=1S/C17H18ClN3O4S/c1-12(22)19-15-6-3-7-16(11-15)21-26(24,25)9-8-17(23)20-14-5-2-4-13(18)10-14/h2-7,10-11,21H,8-9H2,1H3,(H,19,22)(H,20,23). The van der Waals surface area contributed by atoms with Crippen molar-refractivity contribution in [3.63, 3.8) is 0 Å². The maximum absolute atomic E-state index is 12.1. The SMILES string of the molecule is CC(=O)Nc1cccc(NS(=O)(=O)CCC(=O)Nc2cccc(Cl)c2)c1. The average Bonchev–Trinajstić information content (AvgIpc) is 2.52. The smallest absolute Gasteiger partial charge is 0.233 e. The van der Waals surface area contributed by atoms with Crippen molar-refractivity contribution in [1.82, 2.24) is 0 Å². The summed E-state index contributed by atoms with van der Waals surface area (Å²) in [6.07, 6.45) is -0.215. The molecule has 2 aromatic carbocycles. The van der Waals surface area contributed by atoms with Crippen LogP contribution in [0.5, 0.6) is 0 Å². The molecule has 0 aliphatic heterocycles. The van der Waals surface area contributed by atoms with Crippen molar-refractivity contribution in [3.8, 4) is 0 Å². The van der Waals surface area contributed by atoms with E-state index in [-0.39, 0.29) is 18.1 Å². The topological polar surface area (TPSA) is 104 Å². The Hall–Kier alpha value is -2.58. The lowest BCUT2D eigenvalue weighted by molar-refractivity contribution is -0.116. The van der Waals surface area contributed by atoms with Gasteiger partial charge in [0.05, 0.1) is 11.4 Å². The Kier molecular flexibility index (Phi) is 6.59. The number of benzene rings is 2. The van der Waals surface area contributed by atoms with Crippen molar-refractivity contribution in [2.24, 2.45) is 0 Å². The fourth-order valence-electron chi connectivity index (χ4n) is 2.11. The fraction of sp³-hybridized carbons (Fsp3) is 0.176. The quantitative estimate of drug-likeness (QED) is 0.670. The highest BCUT2D eigenvalue weighted by Gasteiger charge is 2.14. The molecule has 9 heteroatoms.